The molecule has 288 valence electrons. The number of anilines is 1. The molecule has 4 aromatic rings. The summed E-state index contributed by atoms with van der Waals surface area (Å²) in [6.07, 6.45) is -1.43. The second-order valence-corrected chi connectivity index (χ2v) is 16.4. The highest BCUT2D eigenvalue weighted by atomic mass is 32.2. The number of methoxy groups -OCH3 is 2. The second kappa shape index (κ2) is 15.4. The molecule has 6 rings (SSSR count). The monoisotopic (exact) mass is 767 g/mol. The van der Waals surface area contributed by atoms with Crippen molar-refractivity contribution in [2.75, 3.05) is 51.1 Å². The third-order valence-corrected chi connectivity index (χ3v) is 10.9. The Hall–Kier alpha value is -4.93. The molecule has 2 amide bonds. The number of rotatable bonds is 10. The summed E-state index contributed by atoms with van der Waals surface area (Å²) in [5.74, 6) is -4.45. The summed E-state index contributed by atoms with van der Waals surface area (Å²) in [4.78, 5) is 29.9. The topological polar surface area (TPSA) is 153 Å². The number of alkyl carbamates (subject to hydrolysis) is 1. The highest BCUT2D eigenvalue weighted by Crippen LogP contribution is 2.39. The number of likely N-dealkylation sites (tertiary alicyclic amines) is 1. The lowest BCUT2D eigenvalue weighted by molar-refractivity contribution is -0.120. The first-order valence-corrected chi connectivity index (χ1v) is 19.0. The number of carbonyl (C=O) groups is 2. The van der Waals surface area contributed by atoms with Crippen molar-refractivity contribution in [2.24, 2.45) is 0 Å². The number of nitrogens with one attached hydrogen (secondary N) is 1. The van der Waals surface area contributed by atoms with E-state index in [-0.39, 0.29) is 47.6 Å². The number of carbonyl (C=O) groups excluding carboxylic acids is 2. The molecule has 16 heteroatoms. The average Bonchev–Trinajstić information content (AvgIpc) is 3.60. The van der Waals surface area contributed by atoms with Crippen molar-refractivity contribution >= 4 is 27.5 Å². The zero-order chi connectivity index (χ0) is 38.8. The Kier molecular flexibility index (Phi) is 11.1. The quantitative estimate of drug-likeness (QED) is 0.212. The van der Waals surface area contributed by atoms with Crippen LogP contribution < -0.4 is 15.0 Å². The van der Waals surface area contributed by atoms with E-state index in [1.807, 2.05) is 48.5 Å². The molecule has 13 nitrogen and oxygen atoms in total. The Balaban J connectivity index is 1.35. The molecular weight excluding hydrogens is 725 g/mol. The molecule has 1 N–H and O–H groups in total. The van der Waals surface area contributed by atoms with E-state index in [1.54, 1.807) is 32.8 Å². The average molecular weight is 768 g/mol. The number of sulfone groups is 1. The Bertz CT molecular complexity index is 2090. The number of hydrogen-bond donors (Lipinski definition) is 1. The molecule has 0 aliphatic carbocycles. The smallest absolute Gasteiger partial charge is 0.408 e. The summed E-state index contributed by atoms with van der Waals surface area (Å²) in [6, 6.07) is 17.7. The molecular formula is C38H43F2N5O8S. The second-order valence-electron chi connectivity index (χ2n) is 14.4. The largest absolute Gasteiger partial charge is 0.497 e. The number of benzene rings is 3. The first kappa shape index (κ1) is 38.8. The van der Waals surface area contributed by atoms with Gasteiger partial charge in [0.15, 0.2) is 9.84 Å². The van der Waals surface area contributed by atoms with Gasteiger partial charge in [0.2, 0.25) is 11.8 Å². The van der Waals surface area contributed by atoms with Crippen molar-refractivity contribution in [1.29, 1.82) is 0 Å². The van der Waals surface area contributed by atoms with Crippen LogP contribution in [0.5, 0.6) is 5.75 Å². The van der Waals surface area contributed by atoms with E-state index in [0.29, 0.717) is 12.1 Å². The van der Waals surface area contributed by atoms with Crippen LogP contribution in [-0.2, 0) is 30.7 Å². The first-order chi connectivity index (χ1) is 25.5. The SMILES string of the molecule is COCCN1CC(c2nnc(-c3ccc4c(c3)N(Cc3ccc(-c5ccc(OC)cc5)cc3)C(=O)[C@@H](NC(=O)OC(C)(C)C)CS4(=O)=O)o2)CC(F)(F)C1. The van der Waals surface area contributed by atoms with Gasteiger partial charge in [-0.2, -0.15) is 0 Å². The predicted octanol–water partition coefficient (Wildman–Crippen LogP) is 5.70. The Morgan fingerprint density at radius 3 is 2.31 bits per heavy atom. The molecule has 54 heavy (non-hydrogen) atoms. The van der Waals surface area contributed by atoms with Gasteiger partial charge in [-0.15, -0.1) is 10.2 Å². The Morgan fingerprint density at radius 2 is 1.67 bits per heavy atom. The highest BCUT2D eigenvalue weighted by Gasteiger charge is 2.43. The van der Waals surface area contributed by atoms with Crippen LogP contribution in [-0.4, -0.2) is 99.3 Å². The number of halogens is 2. The van der Waals surface area contributed by atoms with Crippen LogP contribution in [0.2, 0.25) is 0 Å². The summed E-state index contributed by atoms with van der Waals surface area (Å²) >= 11 is 0. The van der Waals surface area contributed by atoms with E-state index in [0.717, 1.165) is 16.9 Å². The lowest BCUT2D eigenvalue weighted by Gasteiger charge is -2.36. The number of ether oxygens (including phenoxy) is 3. The number of hydrogen-bond acceptors (Lipinski definition) is 11. The van der Waals surface area contributed by atoms with Gasteiger partial charge in [-0.3, -0.25) is 9.69 Å². The number of nitrogens with zero attached hydrogens (tertiary/aromatic N) is 4. The number of aromatic nitrogens is 2. The molecule has 0 spiro atoms. The fourth-order valence-corrected chi connectivity index (χ4v) is 8.17. The number of piperidine rings is 1. The molecule has 0 saturated carbocycles. The van der Waals surface area contributed by atoms with E-state index < -0.39 is 64.0 Å². The van der Waals surface area contributed by atoms with E-state index in [2.05, 4.69) is 15.5 Å². The van der Waals surface area contributed by atoms with Gasteiger partial charge < -0.3 is 28.8 Å². The lowest BCUT2D eigenvalue weighted by Crippen LogP contribution is -2.51. The van der Waals surface area contributed by atoms with Gasteiger partial charge in [0, 0.05) is 32.2 Å². The van der Waals surface area contributed by atoms with E-state index >= 15 is 0 Å². The zero-order valence-electron chi connectivity index (χ0n) is 30.7. The highest BCUT2D eigenvalue weighted by molar-refractivity contribution is 7.91. The van der Waals surface area contributed by atoms with Gasteiger partial charge in [-0.25, -0.2) is 22.0 Å². The third-order valence-electron chi connectivity index (χ3n) is 9.07. The molecule has 0 bridgehead atoms. The number of fused-ring (bicyclic) bond motifs is 1. The summed E-state index contributed by atoms with van der Waals surface area (Å²) in [6.45, 7) is 5.32. The van der Waals surface area contributed by atoms with Gasteiger partial charge in [0.05, 0.1) is 49.1 Å². The molecule has 1 fully saturated rings. The summed E-state index contributed by atoms with van der Waals surface area (Å²) in [5.41, 5.74) is 1.91. The fourth-order valence-electron chi connectivity index (χ4n) is 6.56. The number of amides is 2. The van der Waals surface area contributed by atoms with Crippen LogP contribution in [0, 0.1) is 0 Å². The van der Waals surface area contributed by atoms with Crippen LogP contribution in [0.4, 0.5) is 19.3 Å². The standard InChI is InChI=1S/C38H43F2N5O8S/c1-37(2,3)53-36(47)41-30-22-54(48,49)32-15-12-27(33-42-43-34(52-33)28-19-38(39,40)23-44(21-28)16-17-50-4)18-31(32)45(35(30)46)20-24-6-8-25(9-7-24)26-10-13-29(51-5)14-11-26/h6-15,18,28,30H,16-17,19-23H2,1-5H3,(H,41,47)/t28?,30-/m0/s1. The van der Waals surface area contributed by atoms with Crippen LogP contribution >= 0.6 is 0 Å². The lowest BCUT2D eigenvalue weighted by atomic mass is 9.95. The molecule has 2 atom stereocenters. The van der Waals surface area contributed by atoms with Crippen molar-refractivity contribution in [2.45, 2.75) is 62.1 Å². The van der Waals surface area contributed by atoms with E-state index in [9.17, 15) is 26.8 Å². The minimum absolute atomic E-state index is 0.0147. The fraction of sp³-hybridized carbons (Fsp3) is 0.421. The van der Waals surface area contributed by atoms with Crippen LogP contribution in [0.25, 0.3) is 22.6 Å². The number of alkyl halides is 2. The van der Waals surface area contributed by atoms with Crippen LogP contribution in [0.15, 0.2) is 76.0 Å². The maximum atomic E-state index is 14.7. The van der Waals surface area contributed by atoms with Crippen molar-refractivity contribution in [1.82, 2.24) is 20.4 Å². The predicted molar refractivity (Wildman–Crippen MR) is 195 cm³/mol. The Morgan fingerprint density at radius 1 is 1.00 bits per heavy atom. The molecule has 1 aromatic heterocycles. The molecule has 3 heterocycles. The maximum absolute atomic E-state index is 14.7. The van der Waals surface area contributed by atoms with Crippen LogP contribution in [0.3, 0.4) is 0 Å². The minimum Gasteiger partial charge on any atom is -0.497 e. The van der Waals surface area contributed by atoms with Gasteiger partial charge in [-0.05, 0) is 67.8 Å². The first-order valence-electron chi connectivity index (χ1n) is 17.4. The van der Waals surface area contributed by atoms with Crippen molar-refractivity contribution in [3.8, 4) is 28.3 Å². The molecule has 0 radical (unpaired) electrons. The van der Waals surface area contributed by atoms with Crippen molar-refractivity contribution in [3.05, 3.63) is 78.2 Å². The minimum atomic E-state index is -4.17. The summed E-state index contributed by atoms with van der Waals surface area (Å²) in [5, 5.41) is 10.7. The van der Waals surface area contributed by atoms with Gasteiger partial charge >= 0.3 is 6.09 Å². The van der Waals surface area contributed by atoms with Gasteiger partial charge in [-0.1, -0.05) is 36.4 Å². The molecule has 1 unspecified atom stereocenters. The maximum Gasteiger partial charge on any atom is 0.408 e. The Labute approximate surface area is 312 Å². The molecule has 3 aromatic carbocycles. The molecule has 2 aliphatic heterocycles. The zero-order valence-corrected chi connectivity index (χ0v) is 31.5. The molecule has 2 aliphatic rings. The van der Waals surface area contributed by atoms with Crippen LogP contribution in [0.1, 0.15) is 44.6 Å². The molecule has 1 saturated heterocycles. The van der Waals surface area contributed by atoms with Gasteiger partial charge in [0.25, 0.3) is 11.8 Å². The van der Waals surface area contributed by atoms with E-state index in [4.69, 9.17) is 18.6 Å². The summed E-state index contributed by atoms with van der Waals surface area (Å²) < 4.78 is 78.8. The summed E-state index contributed by atoms with van der Waals surface area (Å²) in [7, 11) is -1.08. The van der Waals surface area contributed by atoms with Gasteiger partial charge in [0.1, 0.15) is 17.4 Å². The normalized spacial score (nSPS) is 19.8. The van der Waals surface area contributed by atoms with Crippen molar-refractivity contribution in [3.63, 3.8) is 0 Å². The van der Waals surface area contributed by atoms with E-state index in [1.165, 1.54) is 30.2 Å². The van der Waals surface area contributed by atoms with Crippen molar-refractivity contribution < 1.29 is 45.4 Å². The third kappa shape index (κ3) is 9.05.